The van der Waals surface area contributed by atoms with Crippen LogP contribution >= 0.6 is 0 Å². The van der Waals surface area contributed by atoms with E-state index in [4.69, 9.17) is 4.84 Å². The molecule has 132 valence electrons. The number of Topliss-reactive ketones (excluding diaryl/α,β-unsaturated/α-hetero) is 1. The second kappa shape index (κ2) is 5.30. The summed E-state index contributed by atoms with van der Waals surface area (Å²) in [6, 6.07) is 0. The van der Waals surface area contributed by atoms with E-state index in [1.807, 2.05) is 0 Å². The third kappa shape index (κ3) is 2.16. The van der Waals surface area contributed by atoms with Crippen LogP contribution in [0.3, 0.4) is 0 Å². The molecule has 0 heterocycles. The van der Waals surface area contributed by atoms with Gasteiger partial charge in [-0.15, -0.1) is 10.1 Å². The lowest BCUT2D eigenvalue weighted by molar-refractivity contribution is -0.769. The van der Waals surface area contributed by atoms with Gasteiger partial charge >= 0.3 is 0 Å². The minimum atomic E-state index is -0.643. The first kappa shape index (κ1) is 16.1. The van der Waals surface area contributed by atoms with Crippen molar-refractivity contribution in [1.82, 2.24) is 0 Å². The molecule has 24 heavy (non-hydrogen) atoms. The van der Waals surface area contributed by atoms with E-state index in [1.165, 1.54) is 5.57 Å². The summed E-state index contributed by atoms with van der Waals surface area (Å²) in [7, 11) is 0. The van der Waals surface area contributed by atoms with Gasteiger partial charge in [0.05, 0.1) is 0 Å². The van der Waals surface area contributed by atoms with Crippen molar-refractivity contribution in [2.45, 2.75) is 71.3 Å². The fourth-order valence-electron chi connectivity index (χ4n) is 6.61. The molecular formula is C19H27NO4. The van der Waals surface area contributed by atoms with Gasteiger partial charge in [-0.05, 0) is 68.1 Å². The van der Waals surface area contributed by atoms with Crippen LogP contribution in [0.4, 0.5) is 0 Å². The predicted molar refractivity (Wildman–Crippen MR) is 88.6 cm³/mol. The van der Waals surface area contributed by atoms with Crippen molar-refractivity contribution in [3.05, 3.63) is 21.8 Å². The molecule has 0 radical (unpaired) electrons. The Morgan fingerprint density at radius 3 is 2.62 bits per heavy atom. The zero-order valence-corrected chi connectivity index (χ0v) is 14.6. The van der Waals surface area contributed by atoms with Gasteiger partial charge in [0.2, 0.25) is 0 Å². The third-order valence-corrected chi connectivity index (χ3v) is 8.00. The number of ketones is 1. The summed E-state index contributed by atoms with van der Waals surface area (Å²) >= 11 is 0. The molecule has 3 saturated carbocycles. The van der Waals surface area contributed by atoms with Crippen molar-refractivity contribution in [1.29, 1.82) is 0 Å². The minimum absolute atomic E-state index is 0.0885. The van der Waals surface area contributed by atoms with Crippen LogP contribution in [0.25, 0.3) is 0 Å². The average Bonchev–Trinajstić information content (AvgIpc) is 2.83. The number of hydrogen-bond donors (Lipinski definition) is 0. The molecule has 6 atom stereocenters. The predicted octanol–water partition coefficient (Wildman–Crippen LogP) is 4.10. The monoisotopic (exact) mass is 333 g/mol. The maximum atomic E-state index is 12.4. The maximum absolute atomic E-state index is 12.4. The summed E-state index contributed by atoms with van der Waals surface area (Å²) in [5.41, 5.74) is 1.43. The number of hydrogen-bond acceptors (Lipinski definition) is 4. The summed E-state index contributed by atoms with van der Waals surface area (Å²) in [5.74, 6) is 2.25. The van der Waals surface area contributed by atoms with Crippen LogP contribution in [0.5, 0.6) is 0 Å². The van der Waals surface area contributed by atoms with Gasteiger partial charge in [0.25, 0.3) is 5.09 Å². The minimum Gasteiger partial charge on any atom is -0.310 e. The summed E-state index contributed by atoms with van der Waals surface area (Å²) in [5, 5.41) is 10.0. The Morgan fingerprint density at radius 2 is 1.88 bits per heavy atom. The zero-order valence-electron chi connectivity index (χ0n) is 14.6. The molecule has 0 aromatic heterocycles. The Labute approximate surface area is 142 Å². The van der Waals surface area contributed by atoms with Crippen LogP contribution in [0, 0.1) is 38.7 Å². The van der Waals surface area contributed by atoms with E-state index in [9.17, 15) is 14.9 Å². The zero-order chi connectivity index (χ0) is 17.1. The molecule has 0 aromatic rings. The number of carbonyl (C=O) groups excluding carboxylic acids is 1. The number of allylic oxidation sites excluding steroid dienone is 1. The number of fused-ring (bicyclic) bond motifs is 5. The molecule has 4 aliphatic rings. The average molecular weight is 333 g/mol. The molecule has 5 heteroatoms. The fourth-order valence-corrected chi connectivity index (χ4v) is 6.61. The Hall–Kier alpha value is -1.39. The van der Waals surface area contributed by atoms with Crippen LogP contribution in [0.15, 0.2) is 11.6 Å². The van der Waals surface area contributed by atoms with Gasteiger partial charge in [-0.2, -0.15) is 0 Å². The fraction of sp³-hybridized carbons (Fsp3) is 0.842. The molecule has 4 aliphatic carbocycles. The van der Waals surface area contributed by atoms with Gasteiger partial charge < -0.3 is 4.84 Å². The van der Waals surface area contributed by atoms with Gasteiger partial charge in [0.15, 0.2) is 0 Å². The van der Waals surface area contributed by atoms with E-state index in [2.05, 4.69) is 19.9 Å². The molecule has 3 fully saturated rings. The quantitative estimate of drug-likeness (QED) is 0.433. The Balaban J connectivity index is 1.60. The first-order chi connectivity index (χ1) is 11.3. The molecule has 0 spiro atoms. The normalized spacial score (nSPS) is 47.2. The lowest BCUT2D eigenvalue weighted by Gasteiger charge is -2.56. The largest absolute Gasteiger partial charge is 0.310 e. The van der Waals surface area contributed by atoms with Crippen molar-refractivity contribution >= 4 is 5.78 Å². The summed E-state index contributed by atoms with van der Waals surface area (Å²) in [6.07, 6.45) is 9.49. The van der Waals surface area contributed by atoms with E-state index in [0.29, 0.717) is 30.0 Å². The highest BCUT2D eigenvalue weighted by Crippen LogP contribution is 2.64. The smallest absolute Gasteiger partial charge is 0.294 e. The number of carbonyl (C=O) groups is 1. The SMILES string of the molecule is C[C@]12CC[C@H](O[N+](=O)[O-])CC1=CC[C@@H]1[C@@H]2CC[C@]2(C)C(=O)CC[C@@H]12. The Bertz CT molecular complexity index is 614. The Kier molecular flexibility index (Phi) is 3.56. The molecule has 0 unspecified atom stereocenters. The molecule has 0 amide bonds. The molecule has 0 saturated heterocycles. The summed E-state index contributed by atoms with van der Waals surface area (Å²) in [4.78, 5) is 27.9. The van der Waals surface area contributed by atoms with Crippen LogP contribution in [-0.4, -0.2) is 17.0 Å². The summed E-state index contributed by atoms with van der Waals surface area (Å²) in [6.45, 7) is 4.56. The van der Waals surface area contributed by atoms with E-state index in [1.54, 1.807) is 0 Å². The van der Waals surface area contributed by atoms with E-state index < -0.39 is 5.09 Å². The van der Waals surface area contributed by atoms with E-state index in [-0.39, 0.29) is 16.9 Å². The first-order valence-electron chi connectivity index (χ1n) is 9.38. The molecule has 0 aromatic carbocycles. The summed E-state index contributed by atoms with van der Waals surface area (Å²) < 4.78 is 0. The lowest BCUT2D eigenvalue weighted by Crippen LogP contribution is -2.50. The topological polar surface area (TPSA) is 69.4 Å². The lowest BCUT2D eigenvalue weighted by atomic mass is 9.48. The highest BCUT2D eigenvalue weighted by Gasteiger charge is 2.58. The molecule has 4 rings (SSSR count). The first-order valence-corrected chi connectivity index (χ1v) is 9.38. The van der Waals surface area contributed by atoms with Crippen molar-refractivity contribution in [2.24, 2.45) is 28.6 Å². The van der Waals surface area contributed by atoms with Crippen molar-refractivity contribution in [3.8, 4) is 0 Å². The van der Waals surface area contributed by atoms with Gasteiger partial charge in [0, 0.05) is 11.8 Å². The van der Waals surface area contributed by atoms with Gasteiger partial charge in [-0.1, -0.05) is 25.5 Å². The van der Waals surface area contributed by atoms with Crippen LogP contribution in [0.1, 0.15) is 65.2 Å². The number of rotatable bonds is 2. The van der Waals surface area contributed by atoms with Gasteiger partial charge in [-0.3, -0.25) is 4.79 Å². The van der Waals surface area contributed by atoms with Crippen molar-refractivity contribution in [2.75, 3.05) is 0 Å². The highest BCUT2D eigenvalue weighted by atomic mass is 17.0. The molecule has 0 aliphatic heterocycles. The molecule has 5 nitrogen and oxygen atoms in total. The van der Waals surface area contributed by atoms with E-state index in [0.717, 1.165) is 44.9 Å². The second-order valence-corrected chi connectivity index (χ2v) is 8.87. The van der Waals surface area contributed by atoms with Gasteiger partial charge in [-0.25, -0.2) is 0 Å². The van der Waals surface area contributed by atoms with Crippen molar-refractivity contribution in [3.63, 3.8) is 0 Å². The third-order valence-electron chi connectivity index (χ3n) is 8.00. The standard InChI is InChI=1S/C19H27NO4/c1-18-9-7-13(24-20(22)23)11-12(18)3-4-14-15-5-6-17(21)19(15,2)10-8-16(14)18/h3,13-16H,4-11H2,1-2H3/t13-,14-,15-,16-,18-,19-/m0/s1. The van der Waals surface area contributed by atoms with Crippen LogP contribution < -0.4 is 0 Å². The molecule has 0 N–H and O–H groups in total. The second-order valence-electron chi connectivity index (χ2n) is 8.87. The van der Waals surface area contributed by atoms with Crippen molar-refractivity contribution < 1.29 is 14.7 Å². The Morgan fingerprint density at radius 1 is 1.17 bits per heavy atom. The van der Waals surface area contributed by atoms with Crippen LogP contribution in [0.2, 0.25) is 0 Å². The van der Waals surface area contributed by atoms with Crippen LogP contribution in [-0.2, 0) is 9.63 Å². The molecule has 0 bridgehead atoms. The van der Waals surface area contributed by atoms with E-state index >= 15 is 0 Å². The van der Waals surface area contributed by atoms with Gasteiger partial charge in [0.1, 0.15) is 11.9 Å². The number of nitrogens with zero attached hydrogens (tertiary/aromatic N) is 1. The molecular weight excluding hydrogens is 306 g/mol. The maximum Gasteiger partial charge on any atom is 0.294 e. The highest BCUT2D eigenvalue weighted by molar-refractivity contribution is 5.87.